The molecule has 1 aromatic carbocycles. The van der Waals surface area contributed by atoms with Crippen LogP contribution in [0.1, 0.15) is 61.7 Å². The van der Waals surface area contributed by atoms with Crippen LogP contribution in [-0.4, -0.2) is 26.5 Å². The number of nitrogens with one attached hydrogen (secondary N) is 2. The Morgan fingerprint density at radius 2 is 1.61 bits per heavy atom. The predicted molar refractivity (Wildman–Crippen MR) is 110 cm³/mol. The maximum Gasteiger partial charge on any atom is 0.279 e. The topological polar surface area (TPSA) is 92.3 Å². The number of amides is 2. The molecule has 0 radical (unpaired) electrons. The van der Waals surface area contributed by atoms with Gasteiger partial charge < -0.3 is 0 Å². The number of thiophene rings is 1. The van der Waals surface area contributed by atoms with Gasteiger partial charge in [0, 0.05) is 16.7 Å². The van der Waals surface area contributed by atoms with E-state index in [1.54, 1.807) is 24.3 Å². The van der Waals surface area contributed by atoms with E-state index in [9.17, 15) is 18.0 Å². The highest BCUT2D eigenvalue weighted by Gasteiger charge is 2.17. The van der Waals surface area contributed by atoms with Crippen LogP contribution < -0.4 is 10.9 Å². The number of hydrogen-bond donors (Lipinski definition) is 2. The number of rotatable bonds is 4. The van der Waals surface area contributed by atoms with Crippen molar-refractivity contribution in [2.24, 2.45) is 0 Å². The zero-order chi connectivity index (χ0) is 20.1. The van der Waals surface area contributed by atoms with Crippen LogP contribution in [0.4, 0.5) is 0 Å². The molecule has 28 heavy (non-hydrogen) atoms. The Labute approximate surface area is 169 Å². The first-order chi connectivity index (χ1) is 13.3. The number of aryl methyl sites for hydroxylation is 2. The second-order valence-corrected chi connectivity index (χ2v) is 10.4. The van der Waals surface area contributed by atoms with Crippen molar-refractivity contribution in [1.82, 2.24) is 10.9 Å². The standard InChI is InChI=1S/C20H24N2O4S2/c1-28(25,26)13-14-8-10-15(11-9-14)19(23)21-22-20(24)18-12-16-6-4-2-3-5-7-17(16)27-18/h8-12H,2-7,13H2,1H3,(H,21,23)(H,22,24). The zero-order valence-corrected chi connectivity index (χ0v) is 17.4. The Morgan fingerprint density at radius 1 is 0.964 bits per heavy atom. The highest BCUT2D eigenvalue weighted by atomic mass is 32.2. The molecule has 6 nitrogen and oxygen atoms in total. The second-order valence-electron chi connectivity index (χ2n) is 7.15. The molecule has 8 heteroatoms. The van der Waals surface area contributed by atoms with Gasteiger partial charge in [0.25, 0.3) is 11.8 Å². The van der Waals surface area contributed by atoms with Crippen LogP contribution in [0.25, 0.3) is 0 Å². The summed E-state index contributed by atoms with van der Waals surface area (Å²) in [6, 6.07) is 8.21. The molecule has 0 fully saturated rings. The molecule has 150 valence electrons. The molecule has 3 rings (SSSR count). The van der Waals surface area contributed by atoms with Crippen molar-refractivity contribution in [3.05, 3.63) is 56.8 Å². The quantitative estimate of drug-likeness (QED) is 0.744. The summed E-state index contributed by atoms with van der Waals surface area (Å²) >= 11 is 1.50. The summed E-state index contributed by atoms with van der Waals surface area (Å²) in [5.41, 5.74) is 7.09. The molecule has 0 spiro atoms. The van der Waals surface area contributed by atoms with Crippen molar-refractivity contribution in [2.45, 2.75) is 44.3 Å². The Kier molecular flexibility index (Phi) is 6.51. The lowest BCUT2D eigenvalue weighted by atomic mass is 10.00. The van der Waals surface area contributed by atoms with Gasteiger partial charge >= 0.3 is 0 Å². The number of sulfone groups is 1. The normalized spacial score (nSPS) is 14.5. The number of carbonyl (C=O) groups is 2. The molecule has 1 aliphatic carbocycles. The predicted octanol–water partition coefficient (Wildman–Crippen LogP) is 3.03. The summed E-state index contributed by atoms with van der Waals surface area (Å²) in [5.74, 6) is -0.845. The summed E-state index contributed by atoms with van der Waals surface area (Å²) in [5, 5.41) is 0. The molecular formula is C20H24N2O4S2. The largest absolute Gasteiger partial charge is 0.279 e. The molecule has 0 unspecified atom stereocenters. The van der Waals surface area contributed by atoms with Gasteiger partial charge in [-0.2, -0.15) is 0 Å². The zero-order valence-electron chi connectivity index (χ0n) is 15.8. The average molecular weight is 421 g/mol. The molecule has 1 aliphatic rings. The first kappa shape index (κ1) is 20.5. The van der Waals surface area contributed by atoms with Crippen LogP contribution in [0.2, 0.25) is 0 Å². The van der Waals surface area contributed by atoms with Gasteiger partial charge in [0.1, 0.15) is 0 Å². The van der Waals surface area contributed by atoms with E-state index >= 15 is 0 Å². The maximum absolute atomic E-state index is 12.4. The molecule has 2 N–H and O–H groups in total. The maximum atomic E-state index is 12.4. The molecule has 0 atom stereocenters. The van der Waals surface area contributed by atoms with Gasteiger partial charge in [0.05, 0.1) is 10.6 Å². The third-order valence-electron chi connectivity index (χ3n) is 4.65. The van der Waals surface area contributed by atoms with Gasteiger partial charge in [-0.1, -0.05) is 25.0 Å². The van der Waals surface area contributed by atoms with E-state index in [1.807, 2.05) is 6.07 Å². The molecule has 1 aromatic heterocycles. The van der Waals surface area contributed by atoms with E-state index in [0.29, 0.717) is 16.0 Å². The molecule has 0 aliphatic heterocycles. The highest BCUT2D eigenvalue weighted by Crippen LogP contribution is 2.28. The Hall–Kier alpha value is -2.19. The molecule has 0 saturated carbocycles. The molecule has 0 bridgehead atoms. The van der Waals surface area contributed by atoms with E-state index in [2.05, 4.69) is 10.9 Å². The fraction of sp³-hybridized carbons (Fsp3) is 0.400. The van der Waals surface area contributed by atoms with Crippen molar-refractivity contribution >= 4 is 33.0 Å². The van der Waals surface area contributed by atoms with Crippen molar-refractivity contribution in [3.8, 4) is 0 Å². The summed E-state index contributed by atoms with van der Waals surface area (Å²) in [6.07, 6.45) is 7.95. The number of hydrazine groups is 1. The van der Waals surface area contributed by atoms with E-state index in [0.717, 1.165) is 31.9 Å². The number of benzene rings is 1. The van der Waals surface area contributed by atoms with Crippen LogP contribution in [-0.2, 0) is 28.4 Å². The van der Waals surface area contributed by atoms with Crippen molar-refractivity contribution in [2.75, 3.05) is 6.26 Å². The van der Waals surface area contributed by atoms with Crippen LogP contribution in [0.3, 0.4) is 0 Å². The van der Waals surface area contributed by atoms with Crippen LogP contribution >= 0.6 is 11.3 Å². The first-order valence-corrected chi connectivity index (χ1v) is 12.2. The fourth-order valence-corrected chi connectivity index (χ4v) is 5.21. The molecule has 1 heterocycles. The Morgan fingerprint density at radius 3 is 2.29 bits per heavy atom. The minimum absolute atomic E-state index is 0.0747. The van der Waals surface area contributed by atoms with Gasteiger partial charge in [-0.25, -0.2) is 8.42 Å². The van der Waals surface area contributed by atoms with Gasteiger partial charge in [-0.05, 0) is 55.0 Å². The number of fused-ring (bicyclic) bond motifs is 1. The first-order valence-electron chi connectivity index (χ1n) is 9.31. The van der Waals surface area contributed by atoms with Crippen LogP contribution in [0.15, 0.2) is 30.3 Å². The van der Waals surface area contributed by atoms with Gasteiger partial charge in [0.2, 0.25) is 0 Å². The minimum atomic E-state index is -3.12. The van der Waals surface area contributed by atoms with E-state index in [-0.39, 0.29) is 11.7 Å². The summed E-state index contributed by atoms with van der Waals surface area (Å²) < 4.78 is 22.6. The lowest BCUT2D eigenvalue weighted by Crippen LogP contribution is -2.41. The van der Waals surface area contributed by atoms with E-state index < -0.39 is 15.7 Å². The molecule has 2 aromatic rings. The van der Waals surface area contributed by atoms with Crippen molar-refractivity contribution < 1.29 is 18.0 Å². The van der Waals surface area contributed by atoms with Gasteiger partial charge in [-0.3, -0.25) is 20.4 Å². The van der Waals surface area contributed by atoms with Crippen molar-refractivity contribution in [1.29, 1.82) is 0 Å². The third kappa shape index (κ3) is 5.65. The average Bonchev–Trinajstić information content (AvgIpc) is 3.01. The van der Waals surface area contributed by atoms with Crippen molar-refractivity contribution in [3.63, 3.8) is 0 Å². The lowest BCUT2D eigenvalue weighted by Gasteiger charge is -2.07. The summed E-state index contributed by atoms with van der Waals surface area (Å²) in [7, 11) is -3.12. The monoisotopic (exact) mass is 420 g/mol. The Bertz CT molecular complexity index is 937. The summed E-state index contributed by atoms with van der Waals surface area (Å²) in [4.78, 5) is 26.5. The lowest BCUT2D eigenvalue weighted by molar-refractivity contribution is 0.0849. The molecule has 0 saturated heterocycles. The van der Waals surface area contributed by atoms with E-state index in [1.165, 1.54) is 34.6 Å². The SMILES string of the molecule is CS(=O)(=O)Cc1ccc(C(=O)NNC(=O)c2cc3c(s2)CCCCCC3)cc1. The molecule has 2 amide bonds. The fourth-order valence-electron chi connectivity index (χ4n) is 3.26. The van der Waals surface area contributed by atoms with Gasteiger partial charge in [0.15, 0.2) is 9.84 Å². The second kappa shape index (κ2) is 8.87. The minimum Gasteiger partial charge on any atom is -0.267 e. The molecular weight excluding hydrogens is 396 g/mol. The summed E-state index contributed by atoms with van der Waals surface area (Å²) in [6.45, 7) is 0. The number of hydrogen-bond acceptors (Lipinski definition) is 5. The van der Waals surface area contributed by atoms with E-state index in [4.69, 9.17) is 0 Å². The van der Waals surface area contributed by atoms with Crippen LogP contribution in [0.5, 0.6) is 0 Å². The van der Waals surface area contributed by atoms with Gasteiger partial charge in [-0.15, -0.1) is 11.3 Å². The Balaban J connectivity index is 1.58. The third-order valence-corrected chi connectivity index (χ3v) is 6.75. The van der Waals surface area contributed by atoms with Crippen LogP contribution in [0, 0.1) is 0 Å². The highest BCUT2D eigenvalue weighted by molar-refractivity contribution is 7.89. The number of carbonyl (C=O) groups excluding carboxylic acids is 2. The smallest absolute Gasteiger partial charge is 0.267 e.